The van der Waals surface area contributed by atoms with Gasteiger partial charge in [-0.15, -0.1) is 0 Å². The number of nitrogens with zero attached hydrogens (tertiary/aromatic N) is 2. The summed E-state index contributed by atoms with van der Waals surface area (Å²) in [5.41, 5.74) is 2.03. The summed E-state index contributed by atoms with van der Waals surface area (Å²) >= 11 is 3.14. The highest BCUT2D eigenvalue weighted by atomic mass is 79.9. The molecule has 1 heterocycles. The summed E-state index contributed by atoms with van der Waals surface area (Å²) in [7, 11) is 0. The van der Waals surface area contributed by atoms with Crippen LogP contribution in [0.15, 0.2) is 23.1 Å². The second-order valence-corrected chi connectivity index (χ2v) is 4.46. The number of benzene rings is 1. The molecule has 0 spiro atoms. The van der Waals surface area contributed by atoms with Crippen LogP contribution in [0.5, 0.6) is 0 Å². The Morgan fingerprint density at radius 3 is 2.47 bits per heavy atom. The van der Waals surface area contributed by atoms with Gasteiger partial charge in [0, 0.05) is 17.8 Å². The van der Waals surface area contributed by atoms with Crippen molar-refractivity contribution in [3.63, 3.8) is 0 Å². The number of aromatic nitrogens is 2. The first-order valence-electron chi connectivity index (χ1n) is 4.94. The van der Waals surface area contributed by atoms with Crippen molar-refractivity contribution in [3.8, 4) is 11.3 Å². The molecule has 0 saturated heterocycles. The van der Waals surface area contributed by atoms with Gasteiger partial charge in [-0.3, -0.25) is 0 Å². The molecule has 2 aromatic rings. The Kier molecular flexibility index (Phi) is 3.19. The van der Waals surface area contributed by atoms with Crippen LogP contribution < -0.4 is 0 Å². The lowest BCUT2D eigenvalue weighted by molar-refractivity contribution is 0.583. The molecule has 0 N–H and O–H groups in total. The van der Waals surface area contributed by atoms with Crippen LogP contribution in [0, 0.1) is 25.5 Å². The summed E-state index contributed by atoms with van der Waals surface area (Å²) in [5.74, 6) is -1.20. The molecule has 0 bridgehead atoms. The largest absolute Gasteiger partial charge is 0.230 e. The highest BCUT2D eigenvalue weighted by Crippen LogP contribution is 2.28. The van der Waals surface area contributed by atoms with E-state index >= 15 is 0 Å². The van der Waals surface area contributed by atoms with Crippen LogP contribution in [-0.2, 0) is 0 Å². The van der Waals surface area contributed by atoms with E-state index in [1.807, 2.05) is 0 Å². The van der Waals surface area contributed by atoms with Crippen molar-refractivity contribution in [2.45, 2.75) is 13.8 Å². The van der Waals surface area contributed by atoms with Crippen molar-refractivity contribution in [1.82, 2.24) is 9.97 Å². The molecule has 5 heteroatoms. The standard InChI is InChI=1S/C12H9BrF2N2/c1-6-3-8(14)4-9(15)10(6)11-7(2)5-16-12(13)17-11/h3-5H,1-2H3. The number of hydrogen-bond donors (Lipinski definition) is 0. The zero-order valence-electron chi connectivity index (χ0n) is 9.26. The Hall–Kier alpha value is -1.36. The van der Waals surface area contributed by atoms with Crippen LogP contribution in [0.25, 0.3) is 11.3 Å². The molecule has 1 aromatic heterocycles. The van der Waals surface area contributed by atoms with Crippen LogP contribution in [0.1, 0.15) is 11.1 Å². The molecule has 0 amide bonds. The first kappa shape index (κ1) is 12.1. The van der Waals surface area contributed by atoms with Gasteiger partial charge in [0.25, 0.3) is 0 Å². The van der Waals surface area contributed by atoms with E-state index < -0.39 is 11.6 Å². The molecule has 0 saturated carbocycles. The fraction of sp³-hybridized carbons (Fsp3) is 0.167. The third kappa shape index (κ3) is 2.34. The second-order valence-electron chi connectivity index (χ2n) is 3.75. The van der Waals surface area contributed by atoms with E-state index in [9.17, 15) is 8.78 Å². The van der Waals surface area contributed by atoms with Crippen molar-refractivity contribution < 1.29 is 8.78 Å². The summed E-state index contributed by atoms with van der Waals surface area (Å²) in [4.78, 5) is 8.09. The normalized spacial score (nSPS) is 10.6. The summed E-state index contributed by atoms with van der Waals surface area (Å²) < 4.78 is 27.2. The smallest absolute Gasteiger partial charge is 0.197 e. The predicted octanol–water partition coefficient (Wildman–Crippen LogP) is 3.80. The quantitative estimate of drug-likeness (QED) is 0.748. The highest BCUT2D eigenvalue weighted by molar-refractivity contribution is 9.10. The molecular formula is C12H9BrF2N2. The Morgan fingerprint density at radius 2 is 1.82 bits per heavy atom. The zero-order valence-corrected chi connectivity index (χ0v) is 10.8. The molecule has 2 rings (SSSR count). The first-order valence-corrected chi connectivity index (χ1v) is 5.73. The van der Waals surface area contributed by atoms with Gasteiger partial charge >= 0.3 is 0 Å². The molecule has 0 atom stereocenters. The fourth-order valence-corrected chi connectivity index (χ4v) is 1.96. The third-order valence-electron chi connectivity index (χ3n) is 2.43. The van der Waals surface area contributed by atoms with Crippen LogP contribution in [0.4, 0.5) is 8.78 Å². The van der Waals surface area contributed by atoms with Gasteiger partial charge in [-0.25, -0.2) is 18.7 Å². The molecular weight excluding hydrogens is 290 g/mol. The average Bonchev–Trinajstić information content (AvgIpc) is 2.21. The lowest BCUT2D eigenvalue weighted by Crippen LogP contribution is -1.98. The Morgan fingerprint density at radius 1 is 1.12 bits per heavy atom. The van der Waals surface area contributed by atoms with Crippen LogP contribution in [0.3, 0.4) is 0 Å². The van der Waals surface area contributed by atoms with Crippen molar-refractivity contribution in [3.05, 3.63) is 45.8 Å². The molecule has 0 unspecified atom stereocenters. The van der Waals surface area contributed by atoms with Gasteiger partial charge in [-0.2, -0.15) is 0 Å². The van der Waals surface area contributed by atoms with Crippen LogP contribution in [0.2, 0.25) is 0 Å². The zero-order chi connectivity index (χ0) is 12.6. The van der Waals surface area contributed by atoms with Gasteiger partial charge < -0.3 is 0 Å². The van der Waals surface area contributed by atoms with E-state index in [1.165, 1.54) is 6.07 Å². The number of hydrogen-bond acceptors (Lipinski definition) is 2. The van der Waals surface area contributed by atoms with Gasteiger partial charge in [0.2, 0.25) is 0 Å². The highest BCUT2D eigenvalue weighted by Gasteiger charge is 2.14. The fourth-order valence-electron chi connectivity index (χ4n) is 1.68. The van der Waals surface area contributed by atoms with Crippen molar-refractivity contribution in [2.24, 2.45) is 0 Å². The Balaban J connectivity index is 2.72. The lowest BCUT2D eigenvalue weighted by atomic mass is 10.0. The minimum absolute atomic E-state index is 0.312. The summed E-state index contributed by atoms with van der Waals surface area (Å²) in [6, 6.07) is 2.14. The van der Waals surface area contributed by atoms with Crippen molar-refractivity contribution in [2.75, 3.05) is 0 Å². The number of halogens is 3. The molecule has 2 nitrogen and oxygen atoms in total. The first-order chi connectivity index (χ1) is 7.99. The monoisotopic (exact) mass is 298 g/mol. The average molecular weight is 299 g/mol. The van der Waals surface area contributed by atoms with Crippen LogP contribution >= 0.6 is 15.9 Å². The minimum atomic E-state index is -0.615. The van der Waals surface area contributed by atoms with E-state index in [1.54, 1.807) is 20.0 Å². The molecule has 0 aliphatic carbocycles. The van der Waals surface area contributed by atoms with Crippen LogP contribution in [-0.4, -0.2) is 9.97 Å². The van der Waals surface area contributed by atoms with E-state index in [-0.39, 0.29) is 0 Å². The Labute approximate surface area is 106 Å². The van der Waals surface area contributed by atoms with Gasteiger partial charge in [-0.1, -0.05) is 0 Å². The predicted molar refractivity (Wildman–Crippen MR) is 64.6 cm³/mol. The maximum Gasteiger partial charge on any atom is 0.197 e. The molecule has 0 fully saturated rings. The van der Waals surface area contributed by atoms with Crippen molar-refractivity contribution in [1.29, 1.82) is 0 Å². The van der Waals surface area contributed by atoms with E-state index in [0.29, 0.717) is 21.6 Å². The van der Waals surface area contributed by atoms with Gasteiger partial charge in [0.05, 0.1) is 5.69 Å². The summed E-state index contributed by atoms with van der Waals surface area (Å²) in [6.45, 7) is 3.43. The Bertz CT molecular complexity index is 562. The molecule has 88 valence electrons. The van der Waals surface area contributed by atoms with E-state index in [0.717, 1.165) is 11.6 Å². The number of rotatable bonds is 1. The van der Waals surface area contributed by atoms with E-state index in [2.05, 4.69) is 25.9 Å². The second kappa shape index (κ2) is 4.49. The lowest BCUT2D eigenvalue weighted by Gasteiger charge is -2.09. The maximum atomic E-state index is 13.8. The van der Waals surface area contributed by atoms with E-state index in [4.69, 9.17) is 0 Å². The maximum absolute atomic E-state index is 13.8. The number of aryl methyl sites for hydroxylation is 2. The summed E-state index contributed by atoms with van der Waals surface area (Å²) in [5, 5.41) is 0. The third-order valence-corrected chi connectivity index (χ3v) is 2.81. The molecule has 0 aliphatic rings. The topological polar surface area (TPSA) is 25.8 Å². The van der Waals surface area contributed by atoms with Gasteiger partial charge in [0.15, 0.2) is 4.73 Å². The van der Waals surface area contributed by atoms with Gasteiger partial charge in [0.1, 0.15) is 11.6 Å². The summed E-state index contributed by atoms with van der Waals surface area (Å²) in [6.07, 6.45) is 1.59. The SMILES string of the molecule is Cc1cnc(Br)nc1-c1c(C)cc(F)cc1F. The molecule has 0 aliphatic heterocycles. The van der Waals surface area contributed by atoms with Gasteiger partial charge in [-0.05, 0) is 47.0 Å². The molecule has 0 radical (unpaired) electrons. The molecule has 17 heavy (non-hydrogen) atoms. The minimum Gasteiger partial charge on any atom is -0.230 e. The molecule has 1 aromatic carbocycles. The van der Waals surface area contributed by atoms with Crippen molar-refractivity contribution >= 4 is 15.9 Å².